The van der Waals surface area contributed by atoms with Gasteiger partial charge in [-0.15, -0.1) is 0 Å². The van der Waals surface area contributed by atoms with Gasteiger partial charge >= 0.3 is 0 Å². The van der Waals surface area contributed by atoms with Gasteiger partial charge in [-0.25, -0.2) is 4.68 Å². The molecule has 1 saturated heterocycles. The van der Waals surface area contributed by atoms with E-state index in [4.69, 9.17) is 0 Å². The molecular weight excluding hydrogens is 376 g/mol. The molecule has 1 aromatic heterocycles. The van der Waals surface area contributed by atoms with Crippen LogP contribution < -0.4 is 5.32 Å². The van der Waals surface area contributed by atoms with Gasteiger partial charge in [0, 0.05) is 30.3 Å². The number of nitrogens with zero attached hydrogens (tertiary/aromatic N) is 3. The standard InChI is InChI=1S/C24H26N4O2/c1-17-7-9-19(10-8-17)24(30)27-15-12-20(13-16-27)28-22(11-14-25-28)26-23(29)21-6-4-3-5-18(21)2/h3-11,14,20H,12-13,15-16H2,1-2H3,(H,26,29). The fourth-order valence-corrected chi connectivity index (χ4v) is 3.91. The Morgan fingerprint density at radius 1 is 0.967 bits per heavy atom. The maximum absolute atomic E-state index is 12.8. The largest absolute Gasteiger partial charge is 0.338 e. The van der Waals surface area contributed by atoms with Gasteiger partial charge in [-0.3, -0.25) is 9.59 Å². The third kappa shape index (κ3) is 4.13. The molecule has 3 aromatic rings. The van der Waals surface area contributed by atoms with Crippen LogP contribution in [-0.4, -0.2) is 39.6 Å². The third-order valence-corrected chi connectivity index (χ3v) is 5.70. The molecule has 6 heteroatoms. The van der Waals surface area contributed by atoms with Crippen LogP contribution in [0.2, 0.25) is 0 Å². The lowest BCUT2D eigenvalue weighted by atomic mass is 10.0. The van der Waals surface area contributed by atoms with Crippen LogP contribution in [0, 0.1) is 13.8 Å². The van der Waals surface area contributed by atoms with E-state index in [1.165, 1.54) is 0 Å². The minimum Gasteiger partial charge on any atom is -0.338 e. The average Bonchev–Trinajstić information content (AvgIpc) is 3.22. The second kappa shape index (κ2) is 8.53. The van der Waals surface area contributed by atoms with E-state index >= 15 is 0 Å². The number of hydrogen-bond acceptors (Lipinski definition) is 3. The molecule has 1 fully saturated rings. The van der Waals surface area contributed by atoms with Crippen molar-refractivity contribution in [3.8, 4) is 0 Å². The number of anilines is 1. The third-order valence-electron chi connectivity index (χ3n) is 5.70. The zero-order valence-corrected chi connectivity index (χ0v) is 17.3. The van der Waals surface area contributed by atoms with Crippen molar-refractivity contribution in [1.82, 2.24) is 14.7 Å². The lowest BCUT2D eigenvalue weighted by Gasteiger charge is -2.32. The molecule has 30 heavy (non-hydrogen) atoms. The predicted octanol–water partition coefficient (Wildman–Crippen LogP) is 4.23. The Balaban J connectivity index is 1.41. The molecule has 0 saturated carbocycles. The van der Waals surface area contributed by atoms with Crippen LogP contribution in [0.4, 0.5) is 5.82 Å². The number of benzene rings is 2. The Labute approximate surface area is 176 Å². The summed E-state index contributed by atoms with van der Waals surface area (Å²) in [6.45, 7) is 5.27. The fraction of sp³-hybridized carbons (Fsp3) is 0.292. The second-order valence-electron chi connectivity index (χ2n) is 7.82. The quantitative estimate of drug-likeness (QED) is 0.710. The maximum Gasteiger partial charge on any atom is 0.257 e. The molecule has 0 unspecified atom stereocenters. The number of piperidine rings is 1. The number of rotatable bonds is 4. The van der Waals surface area contributed by atoms with Crippen molar-refractivity contribution in [2.75, 3.05) is 18.4 Å². The van der Waals surface area contributed by atoms with Crippen molar-refractivity contribution in [2.45, 2.75) is 32.7 Å². The molecule has 0 radical (unpaired) electrons. The van der Waals surface area contributed by atoms with E-state index in [9.17, 15) is 9.59 Å². The molecule has 154 valence electrons. The Hall–Kier alpha value is -3.41. The van der Waals surface area contributed by atoms with E-state index < -0.39 is 0 Å². The first-order valence-corrected chi connectivity index (χ1v) is 10.3. The smallest absolute Gasteiger partial charge is 0.257 e. The van der Waals surface area contributed by atoms with Crippen molar-refractivity contribution < 1.29 is 9.59 Å². The number of amides is 2. The topological polar surface area (TPSA) is 67.2 Å². The number of nitrogens with one attached hydrogen (secondary N) is 1. The molecule has 1 aliphatic heterocycles. The summed E-state index contributed by atoms with van der Waals surface area (Å²) in [7, 11) is 0. The summed E-state index contributed by atoms with van der Waals surface area (Å²) in [4.78, 5) is 27.3. The second-order valence-corrected chi connectivity index (χ2v) is 7.82. The number of aryl methyl sites for hydroxylation is 2. The van der Waals surface area contributed by atoms with Crippen LogP contribution in [0.3, 0.4) is 0 Å². The van der Waals surface area contributed by atoms with Crippen molar-refractivity contribution in [3.05, 3.63) is 83.0 Å². The highest BCUT2D eigenvalue weighted by Gasteiger charge is 2.26. The lowest BCUT2D eigenvalue weighted by molar-refractivity contribution is 0.0691. The van der Waals surface area contributed by atoms with Crippen LogP contribution >= 0.6 is 0 Å². The zero-order chi connectivity index (χ0) is 21.1. The molecule has 0 atom stereocenters. The number of aromatic nitrogens is 2. The van der Waals surface area contributed by atoms with Gasteiger partial charge in [0.05, 0.1) is 12.2 Å². The van der Waals surface area contributed by atoms with E-state index in [0.29, 0.717) is 24.5 Å². The lowest BCUT2D eigenvalue weighted by Crippen LogP contribution is -2.39. The summed E-state index contributed by atoms with van der Waals surface area (Å²) in [6.07, 6.45) is 3.30. The van der Waals surface area contributed by atoms with Crippen LogP contribution in [-0.2, 0) is 0 Å². The predicted molar refractivity (Wildman–Crippen MR) is 117 cm³/mol. The van der Waals surface area contributed by atoms with Gasteiger partial charge in [-0.1, -0.05) is 35.9 Å². The minimum absolute atomic E-state index is 0.0713. The molecule has 0 bridgehead atoms. The molecule has 2 amide bonds. The van der Waals surface area contributed by atoms with E-state index in [-0.39, 0.29) is 17.9 Å². The highest BCUT2D eigenvalue weighted by atomic mass is 16.2. The Morgan fingerprint density at radius 2 is 1.67 bits per heavy atom. The molecule has 0 spiro atoms. The summed E-state index contributed by atoms with van der Waals surface area (Å²) in [5.41, 5.74) is 3.46. The van der Waals surface area contributed by atoms with Crippen LogP contribution in [0.25, 0.3) is 0 Å². The Bertz CT molecular complexity index is 1050. The summed E-state index contributed by atoms with van der Waals surface area (Å²) < 4.78 is 1.88. The summed E-state index contributed by atoms with van der Waals surface area (Å²) in [5.74, 6) is 0.621. The first-order chi connectivity index (χ1) is 14.5. The molecule has 6 nitrogen and oxygen atoms in total. The van der Waals surface area contributed by atoms with E-state index in [1.807, 2.05) is 78.0 Å². The van der Waals surface area contributed by atoms with E-state index in [2.05, 4.69) is 10.4 Å². The van der Waals surface area contributed by atoms with E-state index in [0.717, 1.165) is 29.5 Å². The van der Waals surface area contributed by atoms with Gasteiger partial charge in [0.2, 0.25) is 0 Å². The monoisotopic (exact) mass is 402 g/mol. The Kier molecular flexibility index (Phi) is 5.65. The molecule has 0 aliphatic carbocycles. The summed E-state index contributed by atoms with van der Waals surface area (Å²) >= 11 is 0. The number of carbonyl (C=O) groups is 2. The summed E-state index contributed by atoms with van der Waals surface area (Å²) in [5, 5.41) is 7.44. The molecule has 2 heterocycles. The van der Waals surface area contributed by atoms with Crippen LogP contribution in [0.1, 0.15) is 50.7 Å². The normalized spacial score (nSPS) is 14.5. The van der Waals surface area contributed by atoms with Crippen molar-refractivity contribution >= 4 is 17.6 Å². The molecule has 1 aliphatic rings. The van der Waals surface area contributed by atoms with Crippen LogP contribution in [0.5, 0.6) is 0 Å². The molecular formula is C24H26N4O2. The van der Waals surface area contributed by atoms with Gasteiger partial charge in [-0.2, -0.15) is 5.10 Å². The van der Waals surface area contributed by atoms with Gasteiger partial charge in [-0.05, 0) is 50.5 Å². The van der Waals surface area contributed by atoms with Gasteiger partial charge in [0.25, 0.3) is 11.8 Å². The van der Waals surface area contributed by atoms with Crippen LogP contribution in [0.15, 0.2) is 60.8 Å². The minimum atomic E-state index is -0.137. The number of likely N-dealkylation sites (tertiary alicyclic amines) is 1. The molecule has 1 N–H and O–H groups in total. The van der Waals surface area contributed by atoms with Crippen molar-refractivity contribution in [2.24, 2.45) is 0 Å². The van der Waals surface area contributed by atoms with E-state index in [1.54, 1.807) is 6.20 Å². The first kappa shape index (κ1) is 19.9. The van der Waals surface area contributed by atoms with Gasteiger partial charge in [0.15, 0.2) is 0 Å². The Morgan fingerprint density at radius 3 is 2.37 bits per heavy atom. The fourth-order valence-electron chi connectivity index (χ4n) is 3.91. The summed E-state index contributed by atoms with van der Waals surface area (Å²) in [6, 6.07) is 17.2. The van der Waals surface area contributed by atoms with Crippen molar-refractivity contribution in [1.29, 1.82) is 0 Å². The molecule has 4 rings (SSSR count). The average molecular weight is 402 g/mol. The number of carbonyl (C=O) groups excluding carboxylic acids is 2. The molecule has 2 aromatic carbocycles. The van der Waals surface area contributed by atoms with Gasteiger partial charge < -0.3 is 10.2 Å². The zero-order valence-electron chi connectivity index (χ0n) is 17.3. The highest BCUT2D eigenvalue weighted by molar-refractivity contribution is 6.04. The number of hydrogen-bond donors (Lipinski definition) is 1. The SMILES string of the molecule is Cc1ccc(C(=O)N2CCC(n3nccc3NC(=O)c3ccccc3C)CC2)cc1. The van der Waals surface area contributed by atoms with Gasteiger partial charge in [0.1, 0.15) is 5.82 Å². The maximum atomic E-state index is 12.8. The highest BCUT2D eigenvalue weighted by Crippen LogP contribution is 2.26. The van der Waals surface area contributed by atoms with Crippen molar-refractivity contribution in [3.63, 3.8) is 0 Å². The first-order valence-electron chi connectivity index (χ1n) is 10.3.